The SMILES string of the molecule is Cc1ccc(NC(=O)c2c[nH]c(=O)n(-c3ccc(F)cc3)c2=O)cc1C. The Bertz CT molecular complexity index is 1100. The number of aromatic nitrogens is 2. The van der Waals surface area contributed by atoms with Crippen LogP contribution in [0.1, 0.15) is 21.5 Å². The summed E-state index contributed by atoms with van der Waals surface area (Å²) in [5.41, 5.74) is 1.03. The molecule has 7 heteroatoms. The minimum Gasteiger partial charge on any atom is -0.322 e. The first-order valence-corrected chi connectivity index (χ1v) is 7.86. The van der Waals surface area contributed by atoms with Gasteiger partial charge in [-0.1, -0.05) is 6.07 Å². The van der Waals surface area contributed by atoms with E-state index in [1.807, 2.05) is 19.9 Å². The highest BCUT2D eigenvalue weighted by Gasteiger charge is 2.16. The van der Waals surface area contributed by atoms with Crippen LogP contribution in [0.15, 0.2) is 58.3 Å². The van der Waals surface area contributed by atoms with E-state index in [9.17, 15) is 18.8 Å². The molecule has 0 saturated carbocycles. The van der Waals surface area contributed by atoms with Crippen LogP contribution >= 0.6 is 0 Å². The number of halogens is 1. The molecule has 2 N–H and O–H groups in total. The van der Waals surface area contributed by atoms with Crippen LogP contribution in [0.25, 0.3) is 5.69 Å². The van der Waals surface area contributed by atoms with Crippen LogP contribution in [0.3, 0.4) is 0 Å². The van der Waals surface area contributed by atoms with E-state index in [2.05, 4.69) is 10.3 Å². The maximum Gasteiger partial charge on any atom is 0.333 e. The van der Waals surface area contributed by atoms with Crippen molar-refractivity contribution < 1.29 is 9.18 Å². The minimum absolute atomic E-state index is 0.165. The number of hydrogen-bond donors (Lipinski definition) is 2. The summed E-state index contributed by atoms with van der Waals surface area (Å²) in [4.78, 5) is 39.5. The van der Waals surface area contributed by atoms with Gasteiger partial charge in [-0.2, -0.15) is 0 Å². The average molecular weight is 353 g/mol. The molecule has 26 heavy (non-hydrogen) atoms. The normalized spacial score (nSPS) is 10.6. The smallest absolute Gasteiger partial charge is 0.322 e. The van der Waals surface area contributed by atoms with Gasteiger partial charge in [0.25, 0.3) is 11.5 Å². The van der Waals surface area contributed by atoms with Gasteiger partial charge < -0.3 is 10.3 Å². The van der Waals surface area contributed by atoms with Crippen molar-refractivity contribution in [1.82, 2.24) is 9.55 Å². The Morgan fingerprint density at radius 2 is 1.73 bits per heavy atom. The van der Waals surface area contributed by atoms with E-state index in [1.54, 1.807) is 12.1 Å². The largest absolute Gasteiger partial charge is 0.333 e. The highest BCUT2D eigenvalue weighted by molar-refractivity contribution is 6.03. The summed E-state index contributed by atoms with van der Waals surface area (Å²) in [6.45, 7) is 3.86. The molecule has 0 aliphatic carbocycles. The van der Waals surface area contributed by atoms with E-state index in [-0.39, 0.29) is 11.3 Å². The third-order valence-electron chi connectivity index (χ3n) is 4.07. The standard InChI is InChI=1S/C19H16FN3O3/c1-11-3-6-14(9-12(11)2)22-17(24)16-10-21-19(26)23(18(16)25)15-7-4-13(20)5-8-15/h3-10H,1-2H3,(H,21,26)(H,22,24). The fraction of sp³-hybridized carbons (Fsp3) is 0.105. The average Bonchev–Trinajstić information content (AvgIpc) is 2.60. The maximum atomic E-state index is 13.1. The van der Waals surface area contributed by atoms with Crippen LogP contribution < -0.4 is 16.6 Å². The van der Waals surface area contributed by atoms with Gasteiger partial charge in [0.15, 0.2) is 0 Å². The van der Waals surface area contributed by atoms with E-state index in [0.29, 0.717) is 5.69 Å². The number of anilines is 1. The van der Waals surface area contributed by atoms with Gasteiger partial charge in [0.05, 0.1) is 5.69 Å². The van der Waals surface area contributed by atoms with Crippen molar-refractivity contribution in [3.8, 4) is 5.69 Å². The lowest BCUT2D eigenvalue weighted by molar-refractivity contribution is 0.102. The molecule has 1 aromatic heterocycles. The van der Waals surface area contributed by atoms with Crippen molar-refractivity contribution in [1.29, 1.82) is 0 Å². The predicted molar refractivity (Wildman–Crippen MR) is 96.5 cm³/mol. The Balaban J connectivity index is 2.00. The summed E-state index contributed by atoms with van der Waals surface area (Å²) in [5, 5.41) is 2.64. The molecule has 0 unspecified atom stereocenters. The van der Waals surface area contributed by atoms with Crippen LogP contribution in [0, 0.1) is 19.7 Å². The summed E-state index contributed by atoms with van der Waals surface area (Å²) in [6.07, 6.45) is 1.07. The molecule has 0 radical (unpaired) electrons. The molecular weight excluding hydrogens is 337 g/mol. The van der Waals surface area contributed by atoms with Gasteiger partial charge in [0, 0.05) is 11.9 Å². The highest BCUT2D eigenvalue weighted by Crippen LogP contribution is 2.14. The van der Waals surface area contributed by atoms with Crippen LogP contribution in [0.4, 0.5) is 10.1 Å². The lowest BCUT2D eigenvalue weighted by Crippen LogP contribution is -2.38. The third kappa shape index (κ3) is 3.32. The van der Waals surface area contributed by atoms with Gasteiger partial charge in [-0.15, -0.1) is 0 Å². The quantitative estimate of drug-likeness (QED) is 0.759. The Morgan fingerprint density at radius 3 is 2.38 bits per heavy atom. The van der Waals surface area contributed by atoms with Crippen molar-refractivity contribution >= 4 is 11.6 Å². The zero-order chi connectivity index (χ0) is 18.8. The molecule has 6 nitrogen and oxygen atoms in total. The van der Waals surface area contributed by atoms with E-state index < -0.39 is 23.0 Å². The highest BCUT2D eigenvalue weighted by atomic mass is 19.1. The Hall–Kier alpha value is -3.48. The molecule has 0 bridgehead atoms. The molecule has 0 fully saturated rings. The summed E-state index contributed by atoms with van der Waals surface area (Å²) >= 11 is 0. The topological polar surface area (TPSA) is 84.0 Å². The summed E-state index contributed by atoms with van der Waals surface area (Å²) in [7, 11) is 0. The van der Waals surface area contributed by atoms with Crippen LogP contribution in [-0.2, 0) is 0 Å². The molecular formula is C19H16FN3O3. The van der Waals surface area contributed by atoms with E-state index >= 15 is 0 Å². The number of amides is 1. The predicted octanol–water partition coefficient (Wildman–Crippen LogP) is 2.53. The number of nitrogens with one attached hydrogen (secondary N) is 2. The summed E-state index contributed by atoms with van der Waals surface area (Å²) in [6, 6.07) is 10.2. The lowest BCUT2D eigenvalue weighted by atomic mass is 10.1. The zero-order valence-corrected chi connectivity index (χ0v) is 14.2. The number of hydrogen-bond acceptors (Lipinski definition) is 3. The van der Waals surface area contributed by atoms with E-state index in [0.717, 1.165) is 34.0 Å². The lowest BCUT2D eigenvalue weighted by Gasteiger charge is -2.09. The summed E-state index contributed by atoms with van der Waals surface area (Å²) < 4.78 is 13.9. The number of nitrogens with zero attached hydrogens (tertiary/aromatic N) is 1. The van der Waals surface area contributed by atoms with Crippen molar-refractivity contribution in [2.45, 2.75) is 13.8 Å². The van der Waals surface area contributed by atoms with Gasteiger partial charge in [0.1, 0.15) is 11.4 Å². The Morgan fingerprint density at radius 1 is 1.04 bits per heavy atom. The fourth-order valence-corrected chi connectivity index (χ4v) is 2.48. The monoisotopic (exact) mass is 353 g/mol. The van der Waals surface area contributed by atoms with Crippen LogP contribution in [-0.4, -0.2) is 15.5 Å². The molecule has 0 saturated heterocycles. The molecule has 0 atom stereocenters. The first-order chi connectivity index (χ1) is 12.4. The Labute approximate surface area is 147 Å². The molecule has 0 aliphatic heterocycles. The minimum atomic E-state index is -0.790. The fourth-order valence-electron chi connectivity index (χ4n) is 2.48. The van der Waals surface area contributed by atoms with Crippen molar-refractivity contribution in [2.24, 2.45) is 0 Å². The molecule has 1 amide bonds. The third-order valence-corrected chi connectivity index (χ3v) is 4.07. The Kier molecular flexibility index (Phi) is 4.53. The molecule has 2 aromatic carbocycles. The van der Waals surface area contributed by atoms with Gasteiger partial charge in [-0.25, -0.2) is 13.8 Å². The number of benzene rings is 2. The second-order valence-electron chi connectivity index (χ2n) is 5.88. The van der Waals surface area contributed by atoms with E-state index in [4.69, 9.17) is 0 Å². The van der Waals surface area contributed by atoms with Gasteiger partial charge in [-0.05, 0) is 61.4 Å². The van der Waals surface area contributed by atoms with Crippen LogP contribution in [0.5, 0.6) is 0 Å². The number of aromatic amines is 1. The zero-order valence-electron chi connectivity index (χ0n) is 14.2. The number of carbonyl (C=O) groups excluding carboxylic acids is 1. The maximum absolute atomic E-state index is 13.1. The first-order valence-electron chi connectivity index (χ1n) is 7.86. The molecule has 3 aromatic rings. The number of H-pyrrole nitrogens is 1. The second-order valence-corrected chi connectivity index (χ2v) is 5.88. The molecule has 0 aliphatic rings. The van der Waals surface area contributed by atoms with Gasteiger partial charge in [0.2, 0.25) is 0 Å². The first kappa shape index (κ1) is 17.3. The molecule has 3 rings (SSSR count). The van der Waals surface area contributed by atoms with Crippen LogP contribution in [0.2, 0.25) is 0 Å². The van der Waals surface area contributed by atoms with Gasteiger partial charge >= 0.3 is 5.69 Å². The number of carbonyl (C=O) groups is 1. The molecule has 1 heterocycles. The van der Waals surface area contributed by atoms with E-state index in [1.165, 1.54) is 12.1 Å². The number of rotatable bonds is 3. The molecule has 0 spiro atoms. The van der Waals surface area contributed by atoms with Crippen molar-refractivity contribution in [3.63, 3.8) is 0 Å². The molecule has 132 valence electrons. The second kappa shape index (κ2) is 6.79. The number of aryl methyl sites for hydroxylation is 2. The summed E-state index contributed by atoms with van der Waals surface area (Å²) in [5.74, 6) is -1.15. The van der Waals surface area contributed by atoms with Crippen molar-refractivity contribution in [3.05, 3.63) is 92.0 Å². The van der Waals surface area contributed by atoms with Gasteiger partial charge in [-0.3, -0.25) is 9.59 Å². The van der Waals surface area contributed by atoms with Crippen molar-refractivity contribution in [2.75, 3.05) is 5.32 Å².